The van der Waals surface area contributed by atoms with Crippen LogP contribution >= 0.6 is 0 Å². The van der Waals surface area contributed by atoms with Gasteiger partial charge in [0.25, 0.3) is 11.6 Å². The normalized spacial score (nSPS) is 10.5. The molecule has 9 nitrogen and oxygen atoms in total. The van der Waals surface area contributed by atoms with Gasteiger partial charge in [-0.2, -0.15) is 0 Å². The van der Waals surface area contributed by atoms with E-state index < -0.39 is 23.4 Å². The predicted molar refractivity (Wildman–Crippen MR) is 90.8 cm³/mol. The molecule has 9 heteroatoms. The van der Waals surface area contributed by atoms with E-state index in [2.05, 4.69) is 10.3 Å². The summed E-state index contributed by atoms with van der Waals surface area (Å²) in [7, 11) is 0. The number of nitrogens with one attached hydrogen (secondary N) is 1. The average Bonchev–Trinajstić information content (AvgIpc) is 3.09. The Bertz CT molecular complexity index is 1010. The van der Waals surface area contributed by atoms with Crippen molar-refractivity contribution in [3.63, 3.8) is 0 Å². The van der Waals surface area contributed by atoms with E-state index in [0.717, 1.165) is 0 Å². The van der Waals surface area contributed by atoms with Gasteiger partial charge in [-0.3, -0.25) is 14.9 Å². The maximum atomic E-state index is 12.0. The molecule has 0 saturated carbocycles. The van der Waals surface area contributed by atoms with E-state index in [1.165, 1.54) is 36.7 Å². The van der Waals surface area contributed by atoms with Crippen LogP contribution in [0, 0.1) is 17.0 Å². The minimum Gasteiger partial charge on any atom is -0.452 e. The zero-order chi connectivity index (χ0) is 18.7. The molecule has 1 N–H and O–H groups in total. The highest BCUT2D eigenvalue weighted by Crippen LogP contribution is 2.21. The first-order valence-electron chi connectivity index (χ1n) is 7.49. The predicted octanol–water partition coefficient (Wildman–Crippen LogP) is 2.84. The molecule has 0 aliphatic carbocycles. The van der Waals surface area contributed by atoms with Crippen molar-refractivity contribution in [3.05, 3.63) is 64.0 Å². The van der Waals surface area contributed by atoms with E-state index in [4.69, 9.17) is 9.15 Å². The van der Waals surface area contributed by atoms with Gasteiger partial charge in [0.05, 0.1) is 16.2 Å². The van der Waals surface area contributed by atoms with Gasteiger partial charge in [-0.15, -0.1) is 0 Å². The summed E-state index contributed by atoms with van der Waals surface area (Å²) in [5, 5.41) is 13.3. The Morgan fingerprint density at radius 1 is 1.27 bits per heavy atom. The van der Waals surface area contributed by atoms with Gasteiger partial charge in [0.15, 0.2) is 18.6 Å². The van der Waals surface area contributed by atoms with Gasteiger partial charge in [0, 0.05) is 12.1 Å². The third kappa shape index (κ3) is 3.66. The molecule has 132 valence electrons. The lowest BCUT2D eigenvalue weighted by molar-refractivity contribution is -0.384. The highest BCUT2D eigenvalue weighted by molar-refractivity contribution is 5.97. The van der Waals surface area contributed by atoms with Crippen LogP contribution in [0.3, 0.4) is 0 Å². The number of carbonyl (C=O) groups excluding carboxylic acids is 2. The maximum absolute atomic E-state index is 12.0. The summed E-state index contributed by atoms with van der Waals surface area (Å²) in [4.78, 5) is 38.2. The number of hydrogen-bond donors (Lipinski definition) is 1. The summed E-state index contributed by atoms with van der Waals surface area (Å²) in [5.41, 5.74) is 2.02. The van der Waals surface area contributed by atoms with Crippen molar-refractivity contribution >= 4 is 34.4 Å². The largest absolute Gasteiger partial charge is 0.452 e. The zero-order valence-electron chi connectivity index (χ0n) is 13.6. The van der Waals surface area contributed by atoms with Crippen LogP contribution in [0.5, 0.6) is 0 Å². The van der Waals surface area contributed by atoms with Crippen molar-refractivity contribution in [1.29, 1.82) is 0 Å². The number of ether oxygens (including phenoxy) is 1. The van der Waals surface area contributed by atoms with E-state index >= 15 is 0 Å². The van der Waals surface area contributed by atoms with Crippen molar-refractivity contribution in [2.75, 3.05) is 11.9 Å². The first kappa shape index (κ1) is 17.1. The van der Waals surface area contributed by atoms with E-state index in [0.29, 0.717) is 16.7 Å². The smallest absolute Gasteiger partial charge is 0.338 e. The number of aromatic nitrogens is 1. The van der Waals surface area contributed by atoms with Crippen LogP contribution in [0.2, 0.25) is 0 Å². The molecule has 0 fully saturated rings. The Balaban J connectivity index is 1.62. The van der Waals surface area contributed by atoms with Crippen LogP contribution in [0.4, 0.5) is 11.4 Å². The third-order valence-electron chi connectivity index (χ3n) is 3.61. The van der Waals surface area contributed by atoms with Crippen molar-refractivity contribution in [2.24, 2.45) is 0 Å². The van der Waals surface area contributed by atoms with Crippen LogP contribution in [-0.2, 0) is 9.53 Å². The monoisotopic (exact) mass is 355 g/mol. The van der Waals surface area contributed by atoms with Crippen LogP contribution in [-0.4, -0.2) is 28.4 Å². The molecule has 1 amide bonds. The molecule has 3 aromatic rings. The fourth-order valence-electron chi connectivity index (χ4n) is 2.24. The lowest BCUT2D eigenvalue weighted by Crippen LogP contribution is -2.21. The van der Waals surface area contributed by atoms with Crippen LogP contribution < -0.4 is 5.32 Å². The van der Waals surface area contributed by atoms with Gasteiger partial charge < -0.3 is 14.5 Å². The van der Waals surface area contributed by atoms with E-state index in [1.807, 2.05) is 0 Å². The molecule has 0 aliphatic heterocycles. The lowest BCUT2D eigenvalue weighted by atomic mass is 10.2. The molecule has 0 spiro atoms. The number of carbonyl (C=O) groups is 2. The van der Waals surface area contributed by atoms with Crippen molar-refractivity contribution < 1.29 is 23.7 Å². The van der Waals surface area contributed by atoms with Crippen LogP contribution in [0.15, 0.2) is 47.2 Å². The van der Waals surface area contributed by atoms with Gasteiger partial charge in [-0.05, 0) is 30.7 Å². The van der Waals surface area contributed by atoms with Gasteiger partial charge >= 0.3 is 5.97 Å². The number of nitro benzene ring substituents is 1. The number of aryl methyl sites for hydroxylation is 1. The molecule has 3 rings (SSSR count). The molecule has 2 aromatic carbocycles. The number of amides is 1. The number of nitro groups is 1. The second-order valence-electron chi connectivity index (χ2n) is 5.42. The minimum atomic E-state index is -0.700. The summed E-state index contributed by atoms with van der Waals surface area (Å²) >= 11 is 0. The fraction of sp³-hybridized carbons (Fsp3) is 0.118. The summed E-state index contributed by atoms with van der Waals surface area (Å²) in [6, 6.07) is 8.68. The van der Waals surface area contributed by atoms with Gasteiger partial charge in [0.2, 0.25) is 0 Å². The van der Waals surface area contributed by atoms with Crippen molar-refractivity contribution in [1.82, 2.24) is 4.98 Å². The second-order valence-corrected chi connectivity index (χ2v) is 5.42. The minimum absolute atomic E-state index is 0.150. The topological polar surface area (TPSA) is 125 Å². The number of fused-ring (bicyclic) bond motifs is 1. The summed E-state index contributed by atoms with van der Waals surface area (Å²) in [6.07, 6.45) is 1.26. The average molecular weight is 355 g/mol. The summed E-state index contributed by atoms with van der Waals surface area (Å²) in [6.45, 7) is 1.16. The quantitative estimate of drug-likeness (QED) is 0.424. The van der Waals surface area contributed by atoms with E-state index in [1.54, 1.807) is 13.0 Å². The van der Waals surface area contributed by atoms with E-state index in [9.17, 15) is 19.7 Å². The molecule has 0 aliphatic rings. The van der Waals surface area contributed by atoms with Gasteiger partial charge in [0.1, 0.15) is 5.52 Å². The van der Waals surface area contributed by atoms with Crippen LogP contribution in [0.25, 0.3) is 11.1 Å². The zero-order valence-corrected chi connectivity index (χ0v) is 13.6. The number of non-ortho nitro benzene ring substituents is 1. The van der Waals surface area contributed by atoms with Crippen molar-refractivity contribution in [3.8, 4) is 0 Å². The first-order valence-corrected chi connectivity index (χ1v) is 7.49. The SMILES string of the molecule is Cc1ccc([N+](=O)[O-])cc1NC(=O)COC(=O)c1ccc2ncoc2c1. The fourth-order valence-corrected chi connectivity index (χ4v) is 2.24. The molecule has 0 saturated heterocycles. The number of anilines is 1. The molecule has 0 bridgehead atoms. The Morgan fingerprint density at radius 2 is 2.08 bits per heavy atom. The molecular formula is C17H13N3O6. The standard InChI is InChI=1S/C17H13N3O6/c1-10-2-4-12(20(23)24)7-14(10)19-16(21)8-25-17(22)11-3-5-13-15(6-11)26-9-18-13/h2-7,9H,8H2,1H3,(H,19,21). The number of nitrogens with zero attached hydrogens (tertiary/aromatic N) is 2. The molecule has 1 aromatic heterocycles. The Morgan fingerprint density at radius 3 is 2.85 bits per heavy atom. The highest BCUT2D eigenvalue weighted by Gasteiger charge is 2.14. The summed E-state index contributed by atoms with van der Waals surface area (Å²) in [5.74, 6) is -1.31. The second kappa shape index (κ2) is 7.01. The maximum Gasteiger partial charge on any atom is 0.338 e. The summed E-state index contributed by atoms with van der Waals surface area (Å²) < 4.78 is 10.1. The van der Waals surface area contributed by atoms with Gasteiger partial charge in [-0.1, -0.05) is 6.07 Å². The van der Waals surface area contributed by atoms with Crippen LogP contribution in [0.1, 0.15) is 15.9 Å². The number of benzene rings is 2. The highest BCUT2D eigenvalue weighted by atomic mass is 16.6. The number of hydrogen-bond acceptors (Lipinski definition) is 7. The third-order valence-corrected chi connectivity index (χ3v) is 3.61. The molecule has 1 heterocycles. The molecule has 0 atom stereocenters. The van der Waals surface area contributed by atoms with Gasteiger partial charge in [-0.25, -0.2) is 9.78 Å². The molecule has 26 heavy (non-hydrogen) atoms. The van der Waals surface area contributed by atoms with Crippen molar-refractivity contribution in [2.45, 2.75) is 6.92 Å². The molecular weight excluding hydrogens is 342 g/mol. The Hall–Kier alpha value is -3.75. The van der Waals surface area contributed by atoms with E-state index in [-0.39, 0.29) is 16.9 Å². The molecule has 0 radical (unpaired) electrons. The lowest BCUT2D eigenvalue weighted by Gasteiger charge is -2.09. The molecule has 0 unspecified atom stereocenters. The Labute approximate surface area is 146 Å². The first-order chi connectivity index (χ1) is 12.4. The Kier molecular flexibility index (Phi) is 4.61. The number of oxazole rings is 1. The number of esters is 1. The number of rotatable bonds is 5.